The van der Waals surface area contributed by atoms with Crippen LogP contribution in [0.25, 0.3) is 17.0 Å². The number of carboxylic acid groups (broad SMARTS) is 1. The maximum atomic E-state index is 11.0. The van der Waals surface area contributed by atoms with Gasteiger partial charge in [-0.3, -0.25) is 4.68 Å². The van der Waals surface area contributed by atoms with Crippen LogP contribution in [0.2, 0.25) is 0 Å². The Morgan fingerprint density at radius 2 is 2.04 bits per heavy atom. The van der Waals surface area contributed by atoms with Gasteiger partial charge >= 0.3 is 5.97 Å². The summed E-state index contributed by atoms with van der Waals surface area (Å²) >= 11 is 0. The maximum absolute atomic E-state index is 11.0. The first-order valence-corrected chi connectivity index (χ1v) is 8.40. The Kier molecular flexibility index (Phi) is 4.25. The Hall–Kier alpha value is -3.01. The topological polar surface area (TPSA) is 128 Å². The second kappa shape index (κ2) is 6.71. The van der Waals surface area contributed by atoms with Gasteiger partial charge in [-0.05, 0) is 25.2 Å². The molecule has 1 saturated heterocycles. The molecular formula is C16H18N6O4. The summed E-state index contributed by atoms with van der Waals surface area (Å²) in [4.78, 5) is 19.3. The lowest BCUT2D eigenvalue weighted by Crippen LogP contribution is -2.17. The molecule has 0 amide bonds. The van der Waals surface area contributed by atoms with Crippen LogP contribution in [0.15, 0.2) is 18.6 Å². The average molecular weight is 358 g/mol. The van der Waals surface area contributed by atoms with E-state index in [1.54, 1.807) is 10.9 Å². The number of rotatable bonds is 5. The highest BCUT2D eigenvalue weighted by molar-refractivity contribution is 5.87. The second-order valence-corrected chi connectivity index (χ2v) is 6.27. The van der Waals surface area contributed by atoms with Gasteiger partial charge in [0.05, 0.1) is 18.0 Å². The van der Waals surface area contributed by atoms with Crippen LogP contribution in [0.3, 0.4) is 0 Å². The van der Waals surface area contributed by atoms with E-state index in [2.05, 4.69) is 20.2 Å². The quantitative estimate of drug-likeness (QED) is 0.697. The monoisotopic (exact) mass is 358 g/mol. The summed E-state index contributed by atoms with van der Waals surface area (Å²) in [5, 5.41) is 27.6. The Bertz CT molecular complexity index is 944. The van der Waals surface area contributed by atoms with Gasteiger partial charge in [-0.25, -0.2) is 14.5 Å². The summed E-state index contributed by atoms with van der Waals surface area (Å²) in [5.41, 5.74) is 0.957. The van der Waals surface area contributed by atoms with E-state index in [9.17, 15) is 9.90 Å². The molecule has 0 radical (unpaired) electrons. The normalized spacial score (nSPS) is 15.5. The van der Waals surface area contributed by atoms with Gasteiger partial charge in [0.2, 0.25) is 5.88 Å². The number of ether oxygens (including phenoxy) is 1. The van der Waals surface area contributed by atoms with E-state index in [4.69, 9.17) is 9.84 Å². The molecule has 4 heterocycles. The molecule has 136 valence electrons. The molecule has 3 aromatic rings. The Morgan fingerprint density at radius 3 is 2.77 bits per heavy atom. The van der Waals surface area contributed by atoms with E-state index < -0.39 is 5.97 Å². The largest absolute Gasteiger partial charge is 0.492 e. The maximum Gasteiger partial charge on any atom is 0.338 e. The van der Waals surface area contributed by atoms with Gasteiger partial charge in [-0.1, -0.05) is 0 Å². The van der Waals surface area contributed by atoms with Gasteiger partial charge in [0.15, 0.2) is 0 Å². The minimum Gasteiger partial charge on any atom is -0.492 e. The van der Waals surface area contributed by atoms with Crippen molar-refractivity contribution in [2.24, 2.45) is 5.92 Å². The van der Waals surface area contributed by atoms with E-state index in [1.165, 1.54) is 17.1 Å². The highest BCUT2D eigenvalue weighted by Gasteiger charge is 2.18. The third-order valence-electron chi connectivity index (χ3n) is 4.58. The van der Waals surface area contributed by atoms with Crippen molar-refractivity contribution >= 4 is 17.0 Å². The van der Waals surface area contributed by atoms with Crippen LogP contribution in [0, 0.1) is 5.92 Å². The number of carboxylic acids is 1. The van der Waals surface area contributed by atoms with Crippen LogP contribution < -0.4 is 0 Å². The fourth-order valence-corrected chi connectivity index (χ4v) is 3.12. The van der Waals surface area contributed by atoms with Crippen LogP contribution in [0.5, 0.6) is 5.88 Å². The lowest BCUT2D eigenvalue weighted by Gasteiger charge is -2.21. The van der Waals surface area contributed by atoms with Crippen molar-refractivity contribution < 1.29 is 19.7 Å². The first-order chi connectivity index (χ1) is 12.6. The Labute approximate surface area is 148 Å². The molecule has 10 nitrogen and oxygen atoms in total. The van der Waals surface area contributed by atoms with E-state index in [0.717, 1.165) is 32.5 Å². The van der Waals surface area contributed by atoms with Crippen molar-refractivity contribution in [2.75, 3.05) is 13.2 Å². The highest BCUT2D eigenvalue weighted by atomic mass is 16.5. The summed E-state index contributed by atoms with van der Waals surface area (Å²) in [6, 6.07) is 0. The molecule has 0 bridgehead atoms. The molecule has 1 aliphatic heterocycles. The van der Waals surface area contributed by atoms with Crippen molar-refractivity contribution in [2.45, 2.75) is 25.8 Å². The van der Waals surface area contributed by atoms with Crippen molar-refractivity contribution in [3.63, 3.8) is 0 Å². The predicted octanol–water partition coefficient (Wildman–Crippen LogP) is 1.23. The minimum atomic E-state index is -1.09. The summed E-state index contributed by atoms with van der Waals surface area (Å²) in [5.74, 6) is -0.625. The zero-order valence-corrected chi connectivity index (χ0v) is 13.9. The number of fused-ring (bicyclic) bond motifs is 1. The summed E-state index contributed by atoms with van der Waals surface area (Å²) in [6.07, 6.45) is 7.07. The van der Waals surface area contributed by atoms with Crippen LogP contribution in [-0.2, 0) is 11.3 Å². The molecular weight excluding hydrogens is 340 g/mol. The predicted molar refractivity (Wildman–Crippen MR) is 89.2 cm³/mol. The minimum absolute atomic E-state index is 0.0142. The van der Waals surface area contributed by atoms with Crippen LogP contribution >= 0.6 is 0 Å². The molecule has 0 spiro atoms. The summed E-state index contributed by atoms with van der Waals surface area (Å²) in [7, 11) is 0. The number of aromatic nitrogens is 6. The van der Waals surface area contributed by atoms with Gasteiger partial charge in [-0.15, -0.1) is 0 Å². The average Bonchev–Trinajstić information content (AvgIpc) is 3.28. The van der Waals surface area contributed by atoms with Gasteiger partial charge in [0.25, 0.3) is 5.95 Å². The molecule has 1 aliphatic rings. The number of carbonyl (C=O) groups is 1. The van der Waals surface area contributed by atoms with Crippen LogP contribution in [-0.4, -0.2) is 58.9 Å². The molecule has 0 unspecified atom stereocenters. The number of aryl methyl sites for hydroxylation is 1. The van der Waals surface area contributed by atoms with E-state index in [-0.39, 0.29) is 17.4 Å². The van der Waals surface area contributed by atoms with Gasteiger partial charge in [-0.2, -0.15) is 15.2 Å². The van der Waals surface area contributed by atoms with Crippen molar-refractivity contribution in [1.82, 2.24) is 29.5 Å². The van der Waals surface area contributed by atoms with E-state index in [0.29, 0.717) is 23.5 Å². The molecule has 10 heteroatoms. The zero-order chi connectivity index (χ0) is 18.1. The van der Waals surface area contributed by atoms with Gasteiger partial charge < -0.3 is 14.9 Å². The number of nitrogens with zero attached hydrogens (tertiary/aromatic N) is 6. The summed E-state index contributed by atoms with van der Waals surface area (Å²) in [6.45, 7) is 2.25. The van der Waals surface area contributed by atoms with Gasteiger partial charge in [0, 0.05) is 26.0 Å². The molecule has 0 aliphatic carbocycles. The Balaban J connectivity index is 1.59. The molecule has 0 saturated carbocycles. The fourth-order valence-electron chi connectivity index (χ4n) is 3.12. The van der Waals surface area contributed by atoms with Crippen molar-refractivity contribution in [1.29, 1.82) is 0 Å². The smallest absolute Gasteiger partial charge is 0.338 e. The molecule has 0 aromatic carbocycles. The van der Waals surface area contributed by atoms with Crippen LogP contribution in [0.1, 0.15) is 29.6 Å². The SMILES string of the molecule is O=C(O)c1cnn(-c2nc(O)c3c(cnn3CCC3CCOCC3)n2)c1. The number of hydrogen-bond donors (Lipinski definition) is 2. The Morgan fingerprint density at radius 1 is 1.23 bits per heavy atom. The highest BCUT2D eigenvalue weighted by Crippen LogP contribution is 2.24. The number of aromatic carboxylic acids is 1. The first kappa shape index (κ1) is 16.5. The van der Waals surface area contributed by atoms with Gasteiger partial charge in [0.1, 0.15) is 11.0 Å². The lowest BCUT2D eigenvalue weighted by molar-refractivity contribution is 0.0624. The van der Waals surface area contributed by atoms with Crippen molar-refractivity contribution in [3.05, 3.63) is 24.2 Å². The molecule has 26 heavy (non-hydrogen) atoms. The molecule has 4 rings (SSSR count). The molecule has 1 fully saturated rings. The fraction of sp³-hybridized carbons (Fsp3) is 0.438. The zero-order valence-electron chi connectivity index (χ0n) is 13.9. The number of aromatic hydroxyl groups is 1. The lowest BCUT2D eigenvalue weighted by atomic mass is 9.97. The van der Waals surface area contributed by atoms with E-state index in [1.807, 2.05) is 0 Å². The first-order valence-electron chi connectivity index (χ1n) is 8.40. The standard InChI is InChI=1S/C16H18N6O4/c23-14-13-12(8-18-21(13)4-1-10-2-5-26-6-3-10)19-16(20-14)22-9-11(7-17-22)15(24)25/h7-10H,1-6H2,(H,24,25)(H,19,20,23). The summed E-state index contributed by atoms with van der Waals surface area (Å²) < 4.78 is 8.28. The number of hydrogen-bond acceptors (Lipinski definition) is 7. The third-order valence-corrected chi connectivity index (χ3v) is 4.58. The molecule has 2 N–H and O–H groups in total. The third kappa shape index (κ3) is 3.10. The second-order valence-electron chi connectivity index (χ2n) is 6.27. The van der Waals surface area contributed by atoms with Crippen molar-refractivity contribution in [3.8, 4) is 11.8 Å². The molecule has 3 aromatic heterocycles. The van der Waals surface area contributed by atoms with Crippen LogP contribution in [0.4, 0.5) is 0 Å². The molecule has 0 atom stereocenters. The van der Waals surface area contributed by atoms with E-state index >= 15 is 0 Å².